The minimum Gasteiger partial charge on any atom is -0.497 e. The molecule has 0 aliphatic carbocycles. The predicted octanol–water partition coefficient (Wildman–Crippen LogP) is 4.15. The second kappa shape index (κ2) is 6.03. The molecule has 1 amide bonds. The van der Waals surface area contributed by atoms with E-state index in [0.29, 0.717) is 21.9 Å². The summed E-state index contributed by atoms with van der Waals surface area (Å²) in [6.07, 6.45) is 0. The average molecular weight is 313 g/mol. The maximum atomic E-state index is 12.5. The average Bonchev–Trinajstić information content (AvgIpc) is 2.54. The van der Waals surface area contributed by atoms with E-state index in [4.69, 9.17) is 16.3 Å². The number of nitrogens with zero attached hydrogens (tertiary/aromatic N) is 1. The third-order valence-corrected chi connectivity index (χ3v) is 3.47. The number of anilines is 1. The van der Waals surface area contributed by atoms with E-state index >= 15 is 0 Å². The number of hydrogen-bond acceptors (Lipinski definition) is 3. The topological polar surface area (TPSA) is 51.2 Å². The fraction of sp³-hybridized carbons (Fsp3) is 0.0588. The van der Waals surface area contributed by atoms with Crippen molar-refractivity contribution in [1.29, 1.82) is 0 Å². The van der Waals surface area contributed by atoms with Crippen LogP contribution in [0, 0.1) is 0 Å². The van der Waals surface area contributed by atoms with Gasteiger partial charge in [0, 0.05) is 11.1 Å². The van der Waals surface area contributed by atoms with Crippen molar-refractivity contribution in [3.05, 3.63) is 65.3 Å². The highest BCUT2D eigenvalue weighted by Gasteiger charge is 2.12. The number of halogens is 1. The molecule has 0 unspecified atom stereocenters. The Morgan fingerprint density at radius 2 is 1.86 bits per heavy atom. The number of aromatic nitrogens is 1. The molecule has 0 spiro atoms. The monoisotopic (exact) mass is 312 g/mol. The first-order valence-electron chi connectivity index (χ1n) is 6.68. The molecule has 3 rings (SSSR count). The Kier molecular flexibility index (Phi) is 3.94. The molecule has 1 heterocycles. The number of pyridine rings is 1. The van der Waals surface area contributed by atoms with Crippen molar-refractivity contribution in [2.75, 3.05) is 12.4 Å². The van der Waals surface area contributed by atoms with Gasteiger partial charge in [-0.2, -0.15) is 0 Å². The molecule has 22 heavy (non-hydrogen) atoms. The summed E-state index contributed by atoms with van der Waals surface area (Å²) >= 11 is 6.00. The van der Waals surface area contributed by atoms with Crippen LogP contribution >= 0.6 is 11.6 Å². The highest BCUT2D eigenvalue weighted by atomic mass is 35.5. The Labute approximate surface area is 132 Å². The number of amides is 1. The van der Waals surface area contributed by atoms with Crippen molar-refractivity contribution in [2.24, 2.45) is 0 Å². The number of rotatable bonds is 3. The summed E-state index contributed by atoms with van der Waals surface area (Å²) in [7, 11) is 1.60. The van der Waals surface area contributed by atoms with Gasteiger partial charge in [0.1, 0.15) is 10.9 Å². The molecule has 5 heteroatoms. The lowest BCUT2D eigenvalue weighted by Gasteiger charge is -2.09. The lowest BCUT2D eigenvalue weighted by molar-refractivity contribution is 0.102. The number of hydrogen-bond donors (Lipinski definition) is 1. The largest absolute Gasteiger partial charge is 0.497 e. The third-order valence-electron chi connectivity index (χ3n) is 3.28. The van der Waals surface area contributed by atoms with Crippen LogP contribution in [0.1, 0.15) is 10.4 Å². The smallest absolute Gasteiger partial charge is 0.256 e. The van der Waals surface area contributed by atoms with Crippen LogP contribution in [-0.4, -0.2) is 18.0 Å². The Morgan fingerprint density at radius 1 is 1.14 bits per heavy atom. The van der Waals surface area contributed by atoms with Crippen LogP contribution in [0.25, 0.3) is 10.9 Å². The van der Waals surface area contributed by atoms with Gasteiger partial charge in [-0.3, -0.25) is 4.79 Å². The molecule has 0 aliphatic rings. The van der Waals surface area contributed by atoms with Crippen molar-refractivity contribution in [3.63, 3.8) is 0 Å². The molecule has 3 aromatic rings. The molecular weight excluding hydrogens is 300 g/mol. The molecule has 110 valence electrons. The van der Waals surface area contributed by atoms with E-state index in [1.807, 2.05) is 24.3 Å². The highest BCUT2D eigenvalue weighted by Crippen LogP contribution is 2.22. The van der Waals surface area contributed by atoms with Gasteiger partial charge in [0.05, 0.1) is 18.2 Å². The van der Waals surface area contributed by atoms with Crippen LogP contribution in [0.2, 0.25) is 5.15 Å². The molecule has 0 fully saturated rings. The Bertz CT molecular complexity index is 832. The van der Waals surface area contributed by atoms with Crippen LogP contribution in [-0.2, 0) is 0 Å². The van der Waals surface area contributed by atoms with Gasteiger partial charge in [0.25, 0.3) is 5.91 Å². The molecule has 0 radical (unpaired) electrons. The molecule has 0 atom stereocenters. The molecule has 1 N–H and O–H groups in total. The van der Waals surface area contributed by atoms with E-state index < -0.39 is 0 Å². The Hall–Kier alpha value is -2.59. The molecule has 4 nitrogen and oxygen atoms in total. The lowest BCUT2D eigenvalue weighted by atomic mass is 10.1. The molecule has 1 aromatic heterocycles. The Morgan fingerprint density at radius 3 is 2.59 bits per heavy atom. The zero-order chi connectivity index (χ0) is 15.5. The van der Waals surface area contributed by atoms with Crippen molar-refractivity contribution in [3.8, 4) is 5.75 Å². The van der Waals surface area contributed by atoms with E-state index in [1.54, 1.807) is 37.4 Å². The maximum Gasteiger partial charge on any atom is 0.256 e. The van der Waals surface area contributed by atoms with Crippen LogP contribution in [0.4, 0.5) is 5.69 Å². The fourth-order valence-electron chi connectivity index (χ4n) is 2.20. The van der Waals surface area contributed by atoms with Gasteiger partial charge in [0.2, 0.25) is 0 Å². The van der Waals surface area contributed by atoms with E-state index in [1.165, 1.54) is 0 Å². The van der Waals surface area contributed by atoms with Gasteiger partial charge in [-0.05, 0) is 36.4 Å². The van der Waals surface area contributed by atoms with E-state index in [-0.39, 0.29) is 5.91 Å². The number of ether oxygens (including phenoxy) is 1. The summed E-state index contributed by atoms with van der Waals surface area (Å²) < 4.78 is 5.09. The first kappa shape index (κ1) is 14.4. The normalized spacial score (nSPS) is 10.5. The first-order chi connectivity index (χ1) is 10.7. The van der Waals surface area contributed by atoms with Crippen LogP contribution in [0.3, 0.4) is 0 Å². The first-order valence-corrected chi connectivity index (χ1v) is 7.06. The van der Waals surface area contributed by atoms with Crippen LogP contribution in [0.5, 0.6) is 5.75 Å². The second-order valence-corrected chi connectivity index (χ2v) is 5.08. The molecule has 2 aromatic carbocycles. The third kappa shape index (κ3) is 2.87. The second-order valence-electron chi connectivity index (χ2n) is 4.69. The maximum absolute atomic E-state index is 12.5. The summed E-state index contributed by atoms with van der Waals surface area (Å²) in [5, 5.41) is 3.90. The van der Waals surface area contributed by atoms with Gasteiger partial charge < -0.3 is 10.1 Å². The van der Waals surface area contributed by atoms with E-state index in [9.17, 15) is 4.79 Å². The van der Waals surface area contributed by atoms with Gasteiger partial charge in [-0.25, -0.2) is 4.98 Å². The molecule has 0 saturated heterocycles. The van der Waals surface area contributed by atoms with Crippen molar-refractivity contribution in [2.45, 2.75) is 0 Å². The zero-order valence-corrected chi connectivity index (χ0v) is 12.6. The quantitative estimate of drug-likeness (QED) is 0.739. The zero-order valence-electron chi connectivity index (χ0n) is 11.8. The van der Waals surface area contributed by atoms with Crippen LogP contribution in [0.15, 0.2) is 54.6 Å². The minimum atomic E-state index is -0.231. The number of para-hydroxylation sites is 1. The number of carbonyl (C=O) groups excluding carboxylic acids is 1. The number of nitrogens with one attached hydrogen (secondary N) is 1. The van der Waals surface area contributed by atoms with Gasteiger partial charge >= 0.3 is 0 Å². The lowest BCUT2D eigenvalue weighted by Crippen LogP contribution is -2.12. The van der Waals surface area contributed by atoms with Crippen LogP contribution < -0.4 is 10.1 Å². The molecule has 0 saturated carbocycles. The number of fused-ring (bicyclic) bond motifs is 1. The Balaban J connectivity index is 1.94. The summed E-state index contributed by atoms with van der Waals surface area (Å²) in [6.45, 7) is 0. The highest BCUT2D eigenvalue weighted by molar-refractivity contribution is 6.30. The molecule has 0 aliphatic heterocycles. The molecule has 0 bridgehead atoms. The number of benzene rings is 2. The fourth-order valence-corrected chi connectivity index (χ4v) is 2.40. The number of carbonyl (C=O) groups is 1. The van der Waals surface area contributed by atoms with Gasteiger partial charge in [-0.1, -0.05) is 29.8 Å². The summed E-state index contributed by atoms with van der Waals surface area (Å²) in [5.74, 6) is 0.501. The SMILES string of the molecule is COc1ccc(NC(=O)c2cc(Cl)nc3ccccc23)cc1. The van der Waals surface area contributed by atoms with Crippen molar-refractivity contribution < 1.29 is 9.53 Å². The van der Waals surface area contributed by atoms with E-state index in [2.05, 4.69) is 10.3 Å². The minimum absolute atomic E-state index is 0.231. The van der Waals surface area contributed by atoms with E-state index in [0.717, 1.165) is 11.1 Å². The predicted molar refractivity (Wildman–Crippen MR) is 87.7 cm³/mol. The van der Waals surface area contributed by atoms with Crippen molar-refractivity contribution >= 4 is 34.1 Å². The summed E-state index contributed by atoms with van der Waals surface area (Å²) in [5.41, 5.74) is 1.86. The molecular formula is C17H13ClN2O2. The summed E-state index contributed by atoms with van der Waals surface area (Å²) in [4.78, 5) is 16.7. The standard InChI is InChI=1S/C17H13ClN2O2/c1-22-12-8-6-11(7-9-12)19-17(21)14-10-16(18)20-15-5-3-2-4-13(14)15/h2-10H,1H3,(H,19,21). The number of methoxy groups -OCH3 is 1. The van der Waals surface area contributed by atoms with Gasteiger partial charge in [0.15, 0.2) is 0 Å². The van der Waals surface area contributed by atoms with Gasteiger partial charge in [-0.15, -0.1) is 0 Å². The summed E-state index contributed by atoms with van der Waals surface area (Å²) in [6, 6.07) is 16.1. The van der Waals surface area contributed by atoms with Crippen molar-refractivity contribution in [1.82, 2.24) is 4.98 Å².